The first kappa shape index (κ1) is 18.7. The zero-order valence-electron chi connectivity index (χ0n) is 13.8. The van der Waals surface area contributed by atoms with E-state index in [0.29, 0.717) is 12.0 Å². The van der Waals surface area contributed by atoms with E-state index in [1.807, 2.05) is 6.08 Å². The van der Waals surface area contributed by atoms with Crippen LogP contribution in [-0.4, -0.2) is 30.5 Å². The molecule has 0 aromatic heterocycles. The Hall–Kier alpha value is -0.315. The number of hydrogen-bond acceptors (Lipinski definition) is 3. The fourth-order valence-electron chi connectivity index (χ4n) is 3.51. The average molecular weight is 293 g/mol. The Morgan fingerprint density at radius 2 is 1.81 bits per heavy atom. The minimum atomic E-state index is -0.296. The predicted octanol–water partition coefficient (Wildman–Crippen LogP) is 2.95. The quantitative estimate of drug-likeness (QED) is 0.476. The van der Waals surface area contributed by atoms with Crippen LogP contribution in [0.4, 0.5) is 0 Å². The maximum Gasteiger partial charge on any atom is 0.307 e. The van der Waals surface area contributed by atoms with Crippen LogP contribution in [0, 0.1) is 5.92 Å². The third kappa shape index (κ3) is 6.99. The monoisotopic (exact) mass is 293 g/mol. The molecule has 3 atom stereocenters. The van der Waals surface area contributed by atoms with Crippen LogP contribution in [-0.2, 0) is 0 Å². The molecule has 0 bridgehead atoms. The highest BCUT2D eigenvalue weighted by molar-refractivity contribution is 6.28. The van der Waals surface area contributed by atoms with E-state index in [-0.39, 0.29) is 12.0 Å². The van der Waals surface area contributed by atoms with Crippen molar-refractivity contribution in [2.24, 2.45) is 11.7 Å². The van der Waals surface area contributed by atoms with Crippen LogP contribution in [0.15, 0.2) is 12.7 Å². The maximum atomic E-state index is 9.42. The Kier molecular flexibility index (Phi) is 10.1. The van der Waals surface area contributed by atoms with Gasteiger partial charge in [0.15, 0.2) is 0 Å². The smallest absolute Gasteiger partial charge is 0.307 e. The summed E-state index contributed by atoms with van der Waals surface area (Å²) < 4.78 is 0. The van der Waals surface area contributed by atoms with Crippen molar-refractivity contribution in [1.29, 1.82) is 0 Å². The molecule has 1 radical (unpaired) electrons. The molecular weight excluding hydrogens is 259 g/mol. The zero-order valence-corrected chi connectivity index (χ0v) is 13.8. The molecule has 0 aromatic carbocycles. The minimum Gasteiger partial charge on any atom is -0.452 e. The summed E-state index contributed by atoms with van der Waals surface area (Å²) in [6, 6.07) is 0.446. The van der Waals surface area contributed by atoms with Crippen LogP contribution in [0.25, 0.3) is 0 Å². The molecule has 1 fully saturated rings. The van der Waals surface area contributed by atoms with Crippen molar-refractivity contribution in [1.82, 2.24) is 5.32 Å². The van der Waals surface area contributed by atoms with Gasteiger partial charge in [-0.25, -0.2) is 0 Å². The summed E-state index contributed by atoms with van der Waals surface area (Å²) in [5, 5.41) is 13.1. The summed E-state index contributed by atoms with van der Waals surface area (Å²) in [6.45, 7) is 6.12. The summed E-state index contributed by atoms with van der Waals surface area (Å²) in [4.78, 5) is 0. The van der Waals surface area contributed by atoms with E-state index in [1.54, 1.807) is 0 Å². The first-order valence-corrected chi connectivity index (χ1v) is 8.84. The molecule has 3 nitrogen and oxygen atoms in total. The lowest BCUT2D eigenvalue weighted by Crippen LogP contribution is -2.55. The second-order valence-electron chi connectivity index (χ2n) is 6.51. The molecule has 1 saturated carbocycles. The van der Waals surface area contributed by atoms with Crippen molar-refractivity contribution in [3.63, 3.8) is 0 Å². The average Bonchev–Trinajstić information content (AvgIpc) is 2.64. The topological polar surface area (TPSA) is 58.3 Å². The highest BCUT2D eigenvalue weighted by atomic mass is 16.2. The van der Waals surface area contributed by atoms with E-state index in [1.165, 1.54) is 51.4 Å². The van der Waals surface area contributed by atoms with E-state index in [9.17, 15) is 5.02 Å². The molecule has 0 aromatic rings. The Bertz CT molecular complexity index is 266. The van der Waals surface area contributed by atoms with Gasteiger partial charge in [-0.3, -0.25) is 0 Å². The lowest BCUT2D eigenvalue weighted by Gasteiger charge is -2.34. The fraction of sp³-hybridized carbons (Fsp3) is 0.882. The van der Waals surface area contributed by atoms with Crippen molar-refractivity contribution in [2.45, 2.75) is 89.2 Å². The van der Waals surface area contributed by atoms with Crippen LogP contribution >= 0.6 is 0 Å². The van der Waals surface area contributed by atoms with Crippen LogP contribution in [0.3, 0.4) is 0 Å². The minimum absolute atomic E-state index is 0.155. The Morgan fingerprint density at radius 1 is 1.24 bits per heavy atom. The van der Waals surface area contributed by atoms with E-state index in [2.05, 4.69) is 18.8 Å². The molecule has 0 saturated heterocycles. The third-order valence-electron chi connectivity index (χ3n) is 4.79. The summed E-state index contributed by atoms with van der Waals surface area (Å²) in [7, 11) is 1.16. The Balaban J connectivity index is 2.70. The van der Waals surface area contributed by atoms with Gasteiger partial charge in [0.25, 0.3) is 0 Å². The first-order chi connectivity index (χ1) is 10.2. The maximum absolute atomic E-state index is 9.42. The van der Waals surface area contributed by atoms with Gasteiger partial charge in [0.05, 0.1) is 0 Å². The third-order valence-corrected chi connectivity index (χ3v) is 4.79. The van der Waals surface area contributed by atoms with E-state index < -0.39 is 0 Å². The summed E-state index contributed by atoms with van der Waals surface area (Å²) in [5.74, 6) is 0.260. The molecule has 0 heterocycles. The highest BCUT2D eigenvalue weighted by Crippen LogP contribution is 2.26. The molecule has 3 unspecified atom stereocenters. The zero-order chi connectivity index (χ0) is 15.5. The van der Waals surface area contributed by atoms with Crippen molar-refractivity contribution in [3.05, 3.63) is 12.7 Å². The van der Waals surface area contributed by atoms with E-state index >= 15 is 0 Å². The van der Waals surface area contributed by atoms with Gasteiger partial charge in [-0.05, 0) is 25.2 Å². The van der Waals surface area contributed by atoms with Gasteiger partial charge < -0.3 is 16.1 Å². The molecule has 4 heteroatoms. The molecule has 0 amide bonds. The molecule has 1 aliphatic carbocycles. The van der Waals surface area contributed by atoms with Crippen molar-refractivity contribution in [2.75, 3.05) is 0 Å². The second-order valence-corrected chi connectivity index (χ2v) is 6.51. The summed E-state index contributed by atoms with van der Waals surface area (Å²) in [6.07, 6.45) is 14.6. The molecule has 1 rings (SSSR count). The number of nitrogens with one attached hydrogen (secondary N) is 1. The predicted molar refractivity (Wildman–Crippen MR) is 92.2 cm³/mol. The number of rotatable bonds is 8. The Labute approximate surface area is 132 Å². The SMILES string of the molecule is C=CC(CCC)NC(C(N)[B]O)C1CCCCCCCC1. The van der Waals surface area contributed by atoms with Gasteiger partial charge in [-0.15, -0.1) is 6.58 Å². The lowest BCUT2D eigenvalue weighted by atomic mass is 9.74. The Morgan fingerprint density at radius 3 is 2.29 bits per heavy atom. The van der Waals surface area contributed by atoms with Gasteiger partial charge in [0, 0.05) is 18.0 Å². The van der Waals surface area contributed by atoms with E-state index in [4.69, 9.17) is 5.73 Å². The standard InChI is InChI=1S/C17H34BN2O/c1-3-11-15(4-2)20-16(17(19)18-21)14-12-9-7-5-6-8-10-13-14/h4,14-17,20-21H,2-3,5-13,19H2,1H3. The first-order valence-electron chi connectivity index (χ1n) is 8.84. The van der Waals surface area contributed by atoms with Crippen LogP contribution in [0.2, 0.25) is 0 Å². The lowest BCUT2D eigenvalue weighted by molar-refractivity contribution is 0.275. The second kappa shape index (κ2) is 11.3. The molecular formula is C17H34BN2O. The van der Waals surface area contributed by atoms with E-state index in [0.717, 1.165) is 20.3 Å². The van der Waals surface area contributed by atoms with Crippen molar-refractivity contribution in [3.8, 4) is 0 Å². The number of hydrogen-bond donors (Lipinski definition) is 3. The molecule has 21 heavy (non-hydrogen) atoms. The van der Waals surface area contributed by atoms with Crippen LogP contribution in [0.1, 0.15) is 71.1 Å². The number of nitrogens with two attached hydrogens (primary N) is 1. The summed E-state index contributed by atoms with van der Waals surface area (Å²) in [5.41, 5.74) is 6.17. The fourth-order valence-corrected chi connectivity index (χ4v) is 3.51. The normalized spacial score (nSPS) is 22.4. The summed E-state index contributed by atoms with van der Waals surface area (Å²) >= 11 is 0. The van der Waals surface area contributed by atoms with Crippen LogP contribution < -0.4 is 11.1 Å². The molecule has 0 aliphatic heterocycles. The van der Waals surface area contributed by atoms with Gasteiger partial charge >= 0.3 is 7.48 Å². The van der Waals surface area contributed by atoms with Gasteiger partial charge in [0.2, 0.25) is 0 Å². The van der Waals surface area contributed by atoms with Crippen molar-refractivity contribution < 1.29 is 5.02 Å². The molecule has 4 N–H and O–H groups in total. The van der Waals surface area contributed by atoms with Crippen molar-refractivity contribution >= 4 is 7.48 Å². The molecule has 121 valence electrons. The van der Waals surface area contributed by atoms with Crippen LogP contribution in [0.5, 0.6) is 0 Å². The van der Waals surface area contributed by atoms with Gasteiger partial charge in [-0.1, -0.05) is 57.9 Å². The molecule has 1 aliphatic rings. The van der Waals surface area contributed by atoms with Gasteiger partial charge in [0.1, 0.15) is 0 Å². The highest BCUT2D eigenvalue weighted by Gasteiger charge is 2.28. The van der Waals surface area contributed by atoms with Gasteiger partial charge in [-0.2, -0.15) is 0 Å². The molecule has 0 spiro atoms. The largest absolute Gasteiger partial charge is 0.452 e.